The van der Waals surface area contributed by atoms with E-state index in [0.29, 0.717) is 37.5 Å². The number of carboxylic acid groups (broad SMARTS) is 1. The Bertz CT molecular complexity index is 1440. The van der Waals surface area contributed by atoms with Crippen LogP contribution in [0.4, 0.5) is 10.9 Å². The van der Waals surface area contributed by atoms with Crippen LogP contribution in [0.5, 0.6) is 0 Å². The summed E-state index contributed by atoms with van der Waals surface area (Å²) in [6.07, 6.45) is 4.49. The van der Waals surface area contributed by atoms with Crippen molar-refractivity contribution >= 4 is 52.4 Å². The summed E-state index contributed by atoms with van der Waals surface area (Å²) in [5.74, 6) is -1.35. The fourth-order valence-electron chi connectivity index (χ4n) is 3.99. The molecule has 3 aromatic heterocycles. The number of thiazole rings is 1. The Morgan fingerprint density at radius 1 is 1.30 bits per heavy atom. The van der Waals surface area contributed by atoms with E-state index in [9.17, 15) is 19.2 Å². The lowest BCUT2D eigenvalue weighted by molar-refractivity contribution is -0.134. The first-order chi connectivity index (χ1) is 17.6. The van der Waals surface area contributed by atoms with Gasteiger partial charge >= 0.3 is 5.97 Å². The molecule has 0 saturated carbocycles. The Kier molecular flexibility index (Phi) is 7.39. The normalized spacial score (nSPS) is 16.2. The third-order valence-electron chi connectivity index (χ3n) is 5.92. The van der Waals surface area contributed by atoms with E-state index in [1.807, 2.05) is 26.2 Å². The van der Waals surface area contributed by atoms with Crippen LogP contribution in [0.2, 0.25) is 0 Å². The van der Waals surface area contributed by atoms with Crippen LogP contribution in [0.3, 0.4) is 0 Å². The molecule has 0 aliphatic carbocycles. The molecule has 0 aromatic carbocycles. The highest BCUT2D eigenvalue weighted by Gasteiger charge is 2.26. The monoisotopic (exact) mass is 525 g/mol. The fraction of sp³-hybridized carbons (Fsp3) is 0.360. The Labute approximate surface area is 216 Å². The van der Waals surface area contributed by atoms with Gasteiger partial charge in [-0.15, -0.1) is 11.3 Å². The summed E-state index contributed by atoms with van der Waals surface area (Å²) in [5, 5.41) is 14.3. The van der Waals surface area contributed by atoms with E-state index in [1.165, 1.54) is 40.1 Å². The van der Waals surface area contributed by atoms with Crippen molar-refractivity contribution in [3.05, 3.63) is 57.0 Å². The highest BCUT2D eigenvalue weighted by molar-refractivity contribution is 7.14. The number of carboxylic acids is 1. The van der Waals surface area contributed by atoms with Gasteiger partial charge in [-0.05, 0) is 31.1 Å². The SMILES string of the molecule is CC(C)(C)c1csc(NC(=O)c2ccn3c(=O)c(/C=C/C(=O)O)c(N4CCC[C@H](OC=O)C4)nc3c2)n1. The van der Waals surface area contributed by atoms with Gasteiger partial charge in [-0.2, -0.15) is 0 Å². The first-order valence-electron chi connectivity index (χ1n) is 11.7. The van der Waals surface area contributed by atoms with E-state index in [0.717, 1.165) is 11.8 Å². The number of carbonyl (C=O) groups is 3. The zero-order chi connectivity index (χ0) is 26.7. The maximum Gasteiger partial charge on any atom is 0.328 e. The molecule has 2 N–H and O–H groups in total. The van der Waals surface area contributed by atoms with E-state index in [1.54, 1.807) is 4.90 Å². The summed E-state index contributed by atoms with van der Waals surface area (Å²) in [4.78, 5) is 59.2. The Morgan fingerprint density at radius 3 is 2.76 bits per heavy atom. The van der Waals surface area contributed by atoms with E-state index < -0.39 is 17.4 Å². The van der Waals surface area contributed by atoms with E-state index in [-0.39, 0.29) is 34.1 Å². The number of anilines is 2. The topological polar surface area (TPSA) is 143 Å². The average molecular weight is 526 g/mol. The highest BCUT2D eigenvalue weighted by atomic mass is 32.1. The van der Waals surface area contributed by atoms with Gasteiger partial charge in [0.25, 0.3) is 17.9 Å². The predicted octanol–water partition coefficient (Wildman–Crippen LogP) is 2.94. The van der Waals surface area contributed by atoms with Crippen LogP contribution in [-0.2, 0) is 19.7 Å². The molecule has 0 unspecified atom stereocenters. The van der Waals surface area contributed by atoms with Gasteiger partial charge in [-0.25, -0.2) is 14.8 Å². The Balaban J connectivity index is 1.72. The Morgan fingerprint density at radius 2 is 2.08 bits per heavy atom. The molecular formula is C25H27N5O6S. The number of ether oxygens (including phenoxy) is 1. The number of pyridine rings is 1. The second kappa shape index (κ2) is 10.5. The molecule has 11 nitrogen and oxygen atoms in total. The standard InChI is InChI=1S/C25H27N5O6S/c1-25(2,3)18-13-37-24(26-18)28-22(34)15-8-10-30-19(11-15)27-21(17(23(30)35)6-7-20(32)33)29-9-4-5-16(12-29)36-14-31/h6-8,10-11,13-14,16H,4-5,9,12H2,1-3H3,(H,32,33)(H,26,28,34)/b7-6+/t16-/m0/s1. The molecule has 1 aliphatic heterocycles. The third-order valence-corrected chi connectivity index (χ3v) is 6.68. The minimum absolute atomic E-state index is 0.0846. The van der Waals surface area contributed by atoms with Gasteiger partial charge in [0.2, 0.25) is 0 Å². The summed E-state index contributed by atoms with van der Waals surface area (Å²) < 4.78 is 6.37. The zero-order valence-electron chi connectivity index (χ0n) is 20.6. The summed E-state index contributed by atoms with van der Waals surface area (Å²) in [6.45, 7) is 7.33. The highest BCUT2D eigenvalue weighted by Crippen LogP contribution is 2.27. The van der Waals surface area contributed by atoms with Gasteiger partial charge in [0.1, 0.15) is 17.6 Å². The van der Waals surface area contributed by atoms with Crippen molar-refractivity contribution in [2.45, 2.75) is 45.1 Å². The molecule has 4 rings (SSSR count). The molecule has 1 aliphatic rings. The maximum atomic E-state index is 13.3. The van der Waals surface area contributed by atoms with E-state index >= 15 is 0 Å². The molecular weight excluding hydrogens is 498 g/mol. The van der Waals surface area contributed by atoms with Crippen molar-refractivity contribution in [3.8, 4) is 0 Å². The van der Waals surface area contributed by atoms with Crippen molar-refractivity contribution < 1.29 is 24.2 Å². The number of aromatic nitrogens is 3. The molecule has 1 amide bonds. The second-order valence-electron chi connectivity index (χ2n) is 9.65. The number of nitrogens with zero attached hydrogens (tertiary/aromatic N) is 4. The zero-order valence-corrected chi connectivity index (χ0v) is 21.4. The largest absolute Gasteiger partial charge is 0.478 e. The predicted molar refractivity (Wildman–Crippen MR) is 139 cm³/mol. The first kappa shape index (κ1) is 26.0. The lowest BCUT2D eigenvalue weighted by atomic mass is 9.93. The van der Waals surface area contributed by atoms with Crippen LogP contribution in [0.25, 0.3) is 11.7 Å². The number of carbonyl (C=O) groups excluding carboxylic acids is 2. The number of amides is 1. The molecule has 1 atom stereocenters. The lowest BCUT2D eigenvalue weighted by Gasteiger charge is -2.33. The van der Waals surface area contributed by atoms with Gasteiger partial charge in [0.05, 0.1) is 17.8 Å². The van der Waals surface area contributed by atoms with Gasteiger partial charge in [0.15, 0.2) is 5.13 Å². The van der Waals surface area contributed by atoms with Crippen LogP contribution >= 0.6 is 11.3 Å². The molecule has 4 heterocycles. The fourth-order valence-corrected chi connectivity index (χ4v) is 4.92. The molecule has 0 radical (unpaired) electrons. The molecule has 37 heavy (non-hydrogen) atoms. The van der Waals surface area contributed by atoms with E-state index in [2.05, 4.69) is 15.3 Å². The molecule has 1 saturated heterocycles. The minimum Gasteiger partial charge on any atom is -0.478 e. The molecule has 194 valence electrons. The smallest absolute Gasteiger partial charge is 0.328 e. The van der Waals surface area contributed by atoms with Gasteiger partial charge < -0.3 is 14.7 Å². The van der Waals surface area contributed by atoms with E-state index in [4.69, 9.17) is 9.84 Å². The third kappa shape index (κ3) is 5.85. The molecule has 3 aromatic rings. The second-order valence-corrected chi connectivity index (χ2v) is 10.5. The van der Waals surface area contributed by atoms with Crippen molar-refractivity contribution in [2.75, 3.05) is 23.3 Å². The van der Waals surface area contributed by atoms with Crippen LogP contribution < -0.4 is 15.8 Å². The van der Waals surface area contributed by atoms with Crippen LogP contribution in [0.15, 0.2) is 34.6 Å². The molecule has 0 bridgehead atoms. The average Bonchev–Trinajstić information content (AvgIpc) is 3.32. The number of piperidine rings is 1. The number of fused-ring (bicyclic) bond motifs is 1. The van der Waals surface area contributed by atoms with Crippen LogP contribution in [0, 0.1) is 0 Å². The minimum atomic E-state index is -1.21. The maximum absolute atomic E-state index is 13.3. The van der Waals surface area contributed by atoms with Crippen LogP contribution in [-0.4, -0.2) is 57.0 Å². The molecule has 0 spiro atoms. The summed E-state index contributed by atoms with van der Waals surface area (Å²) in [7, 11) is 0. The quantitative estimate of drug-likeness (QED) is 0.351. The number of nitrogens with one attached hydrogen (secondary N) is 1. The summed E-state index contributed by atoms with van der Waals surface area (Å²) in [5.41, 5.74) is 0.803. The first-order valence-corrected chi connectivity index (χ1v) is 12.5. The van der Waals surface area contributed by atoms with Crippen molar-refractivity contribution in [3.63, 3.8) is 0 Å². The number of hydrogen-bond donors (Lipinski definition) is 2. The van der Waals surface area contributed by atoms with Gasteiger partial charge in [-0.3, -0.25) is 24.1 Å². The number of aliphatic carboxylic acids is 1. The van der Waals surface area contributed by atoms with Gasteiger partial charge in [0, 0.05) is 35.2 Å². The van der Waals surface area contributed by atoms with Gasteiger partial charge in [-0.1, -0.05) is 20.8 Å². The number of rotatable bonds is 7. The summed E-state index contributed by atoms with van der Waals surface area (Å²) >= 11 is 1.33. The van der Waals surface area contributed by atoms with Crippen molar-refractivity contribution in [2.24, 2.45) is 0 Å². The summed E-state index contributed by atoms with van der Waals surface area (Å²) in [6, 6.07) is 2.98. The number of hydrogen-bond acceptors (Lipinski definition) is 9. The molecule has 12 heteroatoms. The Hall–Kier alpha value is -4.06. The van der Waals surface area contributed by atoms with Crippen molar-refractivity contribution in [1.29, 1.82) is 0 Å². The van der Waals surface area contributed by atoms with Crippen molar-refractivity contribution in [1.82, 2.24) is 14.4 Å². The van der Waals surface area contributed by atoms with Crippen LogP contribution in [0.1, 0.15) is 55.2 Å². The molecule has 1 fully saturated rings. The lowest BCUT2D eigenvalue weighted by Crippen LogP contribution is -2.41.